The zero-order chi connectivity index (χ0) is 37.2. The molecule has 2 fully saturated rings. The number of carbonyl (C=O) groups is 5. The van der Waals surface area contributed by atoms with Gasteiger partial charge in [0.05, 0.1) is 26.4 Å². The number of carbonyl (C=O) groups excluding carboxylic acids is 5. The topological polar surface area (TPSA) is 176 Å². The van der Waals surface area contributed by atoms with Gasteiger partial charge in [0.15, 0.2) is 5.78 Å². The van der Waals surface area contributed by atoms with E-state index in [1.54, 1.807) is 13.0 Å². The molecule has 2 saturated heterocycles. The quantitative estimate of drug-likeness (QED) is 0.170. The lowest BCUT2D eigenvalue weighted by Crippen LogP contribution is -2.54. The molecule has 2 aliphatic heterocycles. The number of piperidine rings is 2. The molecule has 2 unspecified atom stereocenters. The highest BCUT2D eigenvalue weighted by Crippen LogP contribution is 2.36. The Morgan fingerprint density at radius 1 is 0.760 bits per heavy atom. The van der Waals surface area contributed by atoms with Gasteiger partial charge in [-0.15, -0.1) is 0 Å². The van der Waals surface area contributed by atoms with Crippen LogP contribution in [0.1, 0.15) is 37.8 Å². The first-order valence-electron chi connectivity index (χ1n) is 15.6. The monoisotopic (exact) mass is 686 g/mol. The van der Waals surface area contributed by atoms with Crippen LogP contribution in [0.25, 0.3) is 0 Å². The maximum Gasteiger partial charge on any atom is 0.410 e. The minimum Gasteiger partial charge on any atom is -0.468 e. The number of ketones is 1. The standard InChI is InChI=1S/C18H20N2O4.C16H19NO5.C3H3N/c1-18(16(21)23-2)13-20(11-9-15(18)8-10-19)17(22)24-12-14-6-4-3-5-7-14;1-16(14(19)21-2)11-17(9-8-13(16)18)15(20)22-10-12-6-4-3-5-7-12;1-2-3-4/h3-8H,9,11-13H2,1-2H3;3-7H,8-11H2,1-2H3;2H,1H2/b15-8+;;. The summed E-state index contributed by atoms with van der Waals surface area (Å²) in [5.74, 6) is -1.31. The average Bonchev–Trinajstić information content (AvgIpc) is 3.15. The molecular weight excluding hydrogens is 644 g/mol. The number of amides is 2. The van der Waals surface area contributed by atoms with Crippen molar-refractivity contribution in [2.45, 2.75) is 39.9 Å². The number of Topliss-reactive ketones (excluding diaryl/α,β-unsaturated/α-hetero) is 1. The second-order valence-electron chi connectivity index (χ2n) is 11.6. The lowest BCUT2D eigenvalue weighted by Gasteiger charge is -2.39. The molecular formula is C37H42N4O9. The summed E-state index contributed by atoms with van der Waals surface area (Å²) in [4.78, 5) is 63.3. The number of esters is 2. The van der Waals surface area contributed by atoms with Crippen molar-refractivity contribution >= 4 is 29.9 Å². The van der Waals surface area contributed by atoms with Crippen LogP contribution in [0.4, 0.5) is 9.59 Å². The Balaban J connectivity index is 0.000000314. The van der Waals surface area contributed by atoms with Crippen molar-refractivity contribution in [1.29, 1.82) is 10.5 Å². The Hall–Kier alpha value is -5.95. The summed E-state index contributed by atoms with van der Waals surface area (Å²) in [7, 11) is 2.53. The molecule has 13 heteroatoms. The van der Waals surface area contributed by atoms with Crippen molar-refractivity contribution in [2.75, 3.05) is 40.4 Å². The number of nitriles is 2. The third kappa shape index (κ3) is 11.1. The van der Waals surface area contributed by atoms with Gasteiger partial charge in [-0.3, -0.25) is 14.4 Å². The zero-order valence-electron chi connectivity index (χ0n) is 28.8. The van der Waals surface area contributed by atoms with E-state index in [0.717, 1.165) is 11.1 Å². The number of benzene rings is 2. The molecule has 0 aliphatic carbocycles. The number of methoxy groups -OCH3 is 2. The Labute approximate surface area is 292 Å². The zero-order valence-corrected chi connectivity index (χ0v) is 28.8. The molecule has 0 bridgehead atoms. The molecule has 0 saturated carbocycles. The minimum atomic E-state index is -1.32. The van der Waals surface area contributed by atoms with E-state index >= 15 is 0 Å². The Bertz CT molecular complexity index is 1600. The Morgan fingerprint density at radius 3 is 1.60 bits per heavy atom. The Kier molecular flexibility index (Phi) is 15.9. The van der Waals surface area contributed by atoms with Gasteiger partial charge in [-0.05, 0) is 37.0 Å². The number of hydrogen-bond acceptors (Lipinski definition) is 11. The fraction of sp³-hybridized carbons (Fsp3) is 0.378. The first-order valence-corrected chi connectivity index (χ1v) is 15.6. The van der Waals surface area contributed by atoms with Crippen LogP contribution in [0, 0.1) is 33.5 Å². The molecule has 264 valence electrons. The maximum absolute atomic E-state index is 12.3. The van der Waals surface area contributed by atoms with Gasteiger partial charge in [-0.2, -0.15) is 10.5 Å². The number of ether oxygens (including phenoxy) is 4. The molecule has 2 aromatic rings. The van der Waals surface area contributed by atoms with E-state index in [2.05, 4.69) is 11.3 Å². The SMILES string of the molecule is C=CC#N.COC(=O)C1(C)CN(C(=O)OCc2ccccc2)CC/C1=C\C#N.COC(=O)C1(C)CN(C(=O)OCc2ccccc2)CCC1=O. The first kappa shape index (κ1) is 40.2. The minimum absolute atomic E-state index is 0.0217. The van der Waals surface area contributed by atoms with Gasteiger partial charge in [0.1, 0.15) is 24.0 Å². The van der Waals surface area contributed by atoms with Crippen LogP contribution in [0.3, 0.4) is 0 Å². The molecule has 0 aromatic heterocycles. The smallest absolute Gasteiger partial charge is 0.410 e. The van der Waals surface area contributed by atoms with E-state index in [1.165, 1.54) is 43.1 Å². The van der Waals surface area contributed by atoms with Crippen molar-refractivity contribution in [3.05, 3.63) is 96.1 Å². The van der Waals surface area contributed by atoms with Gasteiger partial charge < -0.3 is 28.7 Å². The van der Waals surface area contributed by atoms with Crippen LogP contribution >= 0.6 is 0 Å². The van der Waals surface area contributed by atoms with Crippen molar-refractivity contribution in [1.82, 2.24) is 9.80 Å². The van der Waals surface area contributed by atoms with Gasteiger partial charge in [0, 0.05) is 44.8 Å². The average molecular weight is 687 g/mol. The number of rotatable bonds is 6. The molecule has 2 heterocycles. The van der Waals surface area contributed by atoms with Crippen LogP contribution in [-0.2, 0) is 46.5 Å². The van der Waals surface area contributed by atoms with Crippen LogP contribution in [0.5, 0.6) is 0 Å². The second kappa shape index (κ2) is 19.8. The van der Waals surface area contributed by atoms with E-state index in [1.807, 2.05) is 66.7 Å². The molecule has 50 heavy (non-hydrogen) atoms. The lowest BCUT2D eigenvalue weighted by molar-refractivity contribution is -0.160. The van der Waals surface area contributed by atoms with E-state index in [9.17, 15) is 24.0 Å². The number of nitrogens with zero attached hydrogens (tertiary/aromatic N) is 4. The Morgan fingerprint density at radius 2 is 1.18 bits per heavy atom. The van der Waals surface area contributed by atoms with Crippen LogP contribution in [0.15, 0.2) is 85.0 Å². The third-order valence-electron chi connectivity index (χ3n) is 8.13. The predicted octanol–water partition coefficient (Wildman–Crippen LogP) is 5.13. The highest BCUT2D eigenvalue weighted by atomic mass is 16.6. The van der Waals surface area contributed by atoms with Gasteiger partial charge in [0.25, 0.3) is 0 Å². The number of likely N-dealkylation sites (tertiary alicyclic amines) is 2. The van der Waals surface area contributed by atoms with Crippen LogP contribution in [-0.4, -0.2) is 80.1 Å². The fourth-order valence-corrected chi connectivity index (χ4v) is 5.22. The summed E-state index contributed by atoms with van der Waals surface area (Å²) < 4.78 is 20.1. The highest BCUT2D eigenvalue weighted by Gasteiger charge is 2.47. The van der Waals surface area contributed by atoms with E-state index in [0.29, 0.717) is 18.5 Å². The van der Waals surface area contributed by atoms with Crippen molar-refractivity contribution in [3.63, 3.8) is 0 Å². The van der Waals surface area contributed by atoms with Crippen LogP contribution in [0.2, 0.25) is 0 Å². The molecule has 0 spiro atoms. The summed E-state index contributed by atoms with van der Waals surface area (Å²) in [6.45, 7) is 7.37. The molecule has 2 atom stereocenters. The normalized spacial score (nSPS) is 20.2. The van der Waals surface area contributed by atoms with Crippen molar-refractivity contribution in [2.24, 2.45) is 10.8 Å². The van der Waals surface area contributed by atoms with Crippen LogP contribution < -0.4 is 0 Å². The third-order valence-corrected chi connectivity index (χ3v) is 8.13. The van der Waals surface area contributed by atoms with E-state index in [-0.39, 0.29) is 45.1 Å². The van der Waals surface area contributed by atoms with Gasteiger partial charge in [0.2, 0.25) is 0 Å². The molecule has 13 nitrogen and oxygen atoms in total. The van der Waals surface area contributed by atoms with Crippen molar-refractivity contribution < 1.29 is 42.9 Å². The van der Waals surface area contributed by atoms with Gasteiger partial charge in [-0.25, -0.2) is 9.59 Å². The predicted molar refractivity (Wildman–Crippen MR) is 180 cm³/mol. The lowest BCUT2D eigenvalue weighted by atomic mass is 9.77. The van der Waals surface area contributed by atoms with E-state index < -0.39 is 35.0 Å². The molecule has 2 amide bonds. The summed E-state index contributed by atoms with van der Waals surface area (Å²) >= 11 is 0. The molecule has 0 N–H and O–H groups in total. The number of hydrogen-bond donors (Lipinski definition) is 0. The van der Waals surface area contributed by atoms with Gasteiger partial charge >= 0.3 is 24.1 Å². The summed E-state index contributed by atoms with van der Waals surface area (Å²) in [6, 6.07) is 22.3. The molecule has 0 radical (unpaired) electrons. The fourth-order valence-electron chi connectivity index (χ4n) is 5.22. The highest BCUT2D eigenvalue weighted by molar-refractivity contribution is 6.04. The molecule has 4 rings (SSSR count). The molecule has 2 aromatic carbocycles. The summed E-state index contributed by atoms with van der Waals surface area (Å²) in [6.07, 6.45) is 2.08. The van der Waals surface area contributed by atoms with Gasteiger partial charge in [-0.1, -0.05) is 67.2 Å². The summed E-state index contributed by atoms with van der Waals surface area (Å²) in [5, 5.41) is 16.4. The molecule has 2 aliphatic rings. The van der Waals surface area contributed by atoms with E-state index in [4.69, 9.17) is 24.7 Å². The largest absolute Gasteiger partial charge is 0.468 e. The summed E-state index contributed by atoms with van der Waals surface area (Å²) in [5.41, 5.74) is 0.0834. The maximum atomic E-state index is 12.3. The van der Waals surface area contributed by atoms with Crippen molar-refractivity contribution in [3.8, 4) is 12.1 Å². The first-order chi connectivity index (χ1) is 23.9. The number of allylic oxidation sites excluding steroid dienone is 2. The second-order valence-corrected chi connectivity index (χ2v) is 11.6.